The van der Waals surface area contributed by atoms with Crippen molar-refractivity contribution in [2.45, 2.75) is 32.0 Å². The molecule has 0 aromatic heterocycles. The quantitative estimate of drug-likeness (QED) is 0.741. The summed E-state index contributed by atoms with van der Waals surface area (Å²) in [6.45, 7) is 2.10. The highest BCUT2D eigenvalue weighted by Crippen LogP contribution is 2.34. The second-order valence-electron chi connectivity index (χ2n) is 5.71. The van der Waals surface area contributed by atoms with Crippen LogP contribution < -0.4 is 10.1 Å². The van der Waals surface area contributed by atoms with Crippen molar-refractivity contribution in [2.24, 2.45) is 0 Å². The second-order valence-corrected chi connectivity index (χ2v) is 6.15. The Morgan fingerprint density at radius 1 is 1.16 bits per heavy atom. The molecule has 4 nitrogen and oxygen atoms in total. The minimum atomic E-state index is -0.712. The van der Waals surface area contributed by atoms with Crippen molar-refractivity contribution in [3.8, 4) is 5.75 Å². The lowest BCUT2D eigenvalue weighted by atomic mass is 9.95. The predicted molar refractivity (Wildman–Crippen MR) is 100.0 cm³/mol. The lowest BCUT2D eigenvalue weighted by molar-refractivity contribution is -0.130. The number of ether oxygens (including phenoxy) is 2. The van der Waals surface area contributed by atoms with E-state index in [4.69, 9.17) is 21.1 Å². The molecular weight excluding hydrogens is 338 g/mol. The maximum atomic E-state index is 12.2. The number of halogens is 1. The van der Waals surface area contributed by atoms with Crippen molar-refractivity contribution >= 4 is 17.5 Å². The number of amides is 1. The number of hydrogen-bond acceptors (Lipinski definition) is 3. The van der Waals surface area contributed by atoms with E-state index in [1.54, 1.807) is 13.1 Å². The molecule has 0 radical (unpaired) electrons. The first-order chi connectivity index (χ1) is 12.1. The summed E-state index contributed by atoms with van der Waals surface area (Å²) in [6, 6.07) is 15.1. The molecule has 2 aromatic carbocycles. The first-order valence-corrected chi connectivity index (χ1v) is 8.73. The molecule has 2 atom stereocenters. The summed E-state index contributed by atoms with van der Waals surface area (Å²) in [7, 11) is 3.11. The Morgan fingerprint density at radius 2 is 1.88 bits per heavy atom. The van der Waals surface area contributed by atoms with Gasteiger partial charge in [0.2, 0.25) is 0 Å². The Bertz CT molecular complexity index is 691. The molecule has 1 N–H and O–H groups in total. The molecule has 0 heterocycles. The third kappa shape index (κ3) is 4.97. The maximum Gasteiger partial charge on any atom is 0.253 e. The first kappa shape index (κ1) is 19.3. The summed E-state index contributed by atoms with van der Waals surface area (Å²) in [5.74, 6) is 0.571. The van der Waals surface area contributed by atoms with Gasteiger partial charge in [-0.05, 0) is 36.2 Å². The molecule has 0 spiro atoms. The first-order valence-electron chi connectivity index (χ1n) is 8.36. The van der Waals surface area contributed by atoms with Gasteiger partial charge in [-0.15, -0.1) is 0 Å². The van der Waals surface area contributed by atoms with Crippen LogP contribution in [0.15, 0.2) is 48.5 Å². The molecule has 5 heteroatoms. The van der Waals surface area contributed by atoms with Gasteiger partial charge in [0, 0.05) is 24.7 Å². The van der Waals surface area contributed by atoms with E-state index < -0.39 is 6.10 Å². The Balaban J connectivity index is 2.45. The summed E-state index contributed by atoms with van der Waals surface area (Å²) in [5, 5.41) is 3.24. The average molecular weight is 362 g/mol. The van der Waals surface area contributed by atoms with Crippen molar-refractivity contribution < 1.29 is 14.3 Å². The molecule has 0 aliphatic carbocycles. The van der Waals surface area contributed by atoms with E-state index in [1.165, 1.54) is 7.11 Å². The zero-order chi connectivity index (χ0) is 18.2. The average Bonchev–Trinajstić information content (AvgIpc) is 2.63. The van der Waals surface area contributed by atoms with Crippen molar-refractivity contribution in [1.82, 2.24) is 5.32 Å². The number of para-hydroxylation sites is 1. The topological polar surface area (TPSA) is 47.6 Å². The number of carbonyl (C=O) groups excluding carboxylic acids is 1. The molecule has 0 bridgehead atoms. The van der Waals surface area contributed by atoms with Crippen LogP contribution in [0.25, 0.3) is 0 Å². The van der Waals surface area contributed by atoms with Crippen molar-refractivity contribution in [3.05, 3.63) is 64.7 Å². The van der Waals surface area contributed by atoms with Crippen LogP contribution in [0.2, 0.25) is 5.02 Å². The zero-order valence-corrected chi connectivity index (χ0v) is 15.5. The van der Waals surface area contributed by atoms with E-state index >= 15 is 0 Å². The van der Waals surface area contributed by atoms with Crippen LogP contribution in [0, 0.1) is 0 Å². The minimum absolute atomic E-state index is 0.207. The van der Waals surface area contributed by atoms with E-state index in [0.717, 1.165) is 29.7 Å². The normalized spacial score (nSPS) is 13.1. The van der Waals surface area contributed by atoms with E-state index in [2.05, 4.69) is 12.2 Å². The van der Waals surface area contributed by atoms with Crippen LogP contribution in [0.3, 0.4) is 0 Å². The molecule has 2 aromatic rings. The second kappa shape index (κ2) is 9.44. The number of hydrogen-bond donors (Lipinski definition) is 1. The van der Waals surface area contributed by atoms with Crippen LogP contribution in [-0.2, 0) is 9.53 Å². The Hall–Kier alpha value is -2.04. The molecule has 0 saturated carbocycles. The van der Waals surface area contributed by atoms with Gasteiger partial charge in [0.25, 0.3) is 5.91 Å². The number of likely N-dealkylation sites (N-methyl/N-ethyl adjacent to an activating group) is 1. The molecular formula is C20H24ClNO3. The number of benzene rings is 2. The van der Waals surface area contributed by atoms with Gasteiger partial charge in [0.05, 0.1) is 0 Å². The van der Waals surface area contributed by atoms with Gasteiger partial charge in [-0.2, -0.15) is 0 Å². The molecule has 0 aliphatic heterocycles. The molecule has 0 saturated heterocycles. The van der Waals surface area contributed by atoms with E-state index in [1.807, 2.05) is 42.5 Å². The summed E-state index contributed by atoms with van der Waals surface area (Å²) in [4.78, 5) is 12.2. The molecule has 134 valence electrons. The predicted octanol–water partition coefficient (Wildman–Crippen LogP) is 4.69. The lowest BCUT2D eigenvalue weighted by Crippen LogP contribution is -2.28. The zero-order valence-electron chi connectivity index (χ0n) is 14.8. The standard InChI is InChI=1S/C20H24ClNO3/c1-4-8-18(25-15-9-6-5-7-10-15)17-13-14(21)11-12-16(17)19(24-3)20(23)22-2/h5-7,9-13,18-19H,4,8H2,1-3H3,(H,22,23). The van der Waals surface area contributed by atoms with Gasteiger partial charge in [-0.1, -0.05) is 49.2 Å². The number of carbonyl (C=O) groups is 1. The van der Waals surface area contributed by atoms with Crippen molar-refractivity contribution in [1.29, 1.82) is 0 Å². The number of nitrogens with one attached hydrogen (secondary N) is 1. The van der Waals surface area contributed by atoms with Gasteiger partial charge >= 0.3 is 0 Å². The smallest absolute Gasteiger partial charge is 0.253 e. The highest BCUT2D eigenvalue weighted by molar-refractivity contribution is 6.30. The summed E-state index contributed by atoms with van der Waals surface area (Å²) in [6.07, 6.45) is 0.799. The van der Waals surface area contributed by atoms with E-state index in [0.29, 0.717) is 5.02 Å². The van der Waals surface area contributed by atoms with Gasteiger partial charge in [-0.3, -0.25) is 4.79 Å². The van der Waals surface area contributed by atoms with Crippen molar-refractivity contribution in [2.75, 3.05) is 14.2 Å². The summed E-state index contributed by atoms with van der Waals surface area (Å²) in [5.41, 5.74) is 1.63. The largest absolute Gasteiger partial charge is 0.486 e. The van der Waals surface area contributed by atoms with Gasteiger partial charge in [0.15, 0.2) is 6.10 Å². The summed E-state index contributed by atoms with van der Waals surface area (Å²) < 4.78 is 11.6. The minimum Gasteiger partial charge on any atom is -0.486 e. The van der Waals surface area contributed by atoms with Gasteiger partial charge in [-0.25, -0.2) is 0 Å². The fourth-order valence-electron chi connectivity index (χ4n) is 2.77. The Labute approximate surface area is 154 Å². The van der Waals surface area contributed by atoms with Gasteiger partial charge in [0.1, 0.15) is 11.9 Å². The monoisotopic (exact) mass is 361 g/mol. The van der Waals surface area contributed by atoms with Crippen LogP contribution in [0.4, 0.5) is 0 Å². The molecule has 0 fully saturated rings. The van der Waals surface area contributed by atoms with E-state index in [9.17, 15) is 4.79 Å². The SMILES string of the molecule is CCCC(Oc1ccccc1)c1cc(Cl)ccc1C(OC)C(=O)NC. The Morgan fingerprint density at radius 3 is 2.48 bits per heavy atom. The molecule has 2 unspecified atom stereocenters. The number of methoxy groups -OCH3 is 1. The van der Waals surface area contributed by atoms with Crippen LogP contribution in [-0.4, -0.2) is 20.1 Å². The van der Waals surface area contributed by atoms with Gasteiger partial charge < -0.3 is 14.8 Å². The van der Waals surface area contributed by atoms with Crippen LogP contribution >= 0.6 is 11.6 Å². The molecule has 25 heavy (non-hydrogen) atoms. The molecule has 0 aliphatic rings. The van der Waals surface area contributed by atoms with E-state index in [-0.39, 0.29) is 12.0 Å². The fraction of sp³-hybridized carbons (Fsp3) is 0.350. The van der Waals surface area contributed by atoms with Crippen LogP contribution in [0.5, 0.6) is 5.75 Å². The summed E-state index contributed by atoms with van der Waals surface area (Å²) >= 11 is 6.23. The van der Waals surface area contributed by atoms with Crippen LogP contribution in [0.1, 0.15) is 43.1 Å². The molecule has 2 rings (SSSR count). The lowest BCUT2D eigenvalue weighted by Gasteiger charge is -2.25. The third-order valence-corrected chi connectivity index (χ3v) is 4.21. The highest BCUT2D eigenvalue weighted by atomic mass is 35.5. The van der Waals surface area contributed by atoms with Crippen molar-refractivity contribution in [3.63, 3.8) is 0 Å². The fourth-order valence-corrected chi connectivity index (χ4v) is 2.95. The third-order valence-electron chi connectivity index (χ3n) is 3.97. The Kier molecular flexibility index (Phi) is 7.29. The number of rotatable bonds is 8. The molecule has 1 amide bonds. The maximum absolute atomic E-state index is 12.2. The highest BCUT2D eigenvalue weighted by Gasteiger charge is 2.26.